The molecule has 114 valence electrons. The minimum absolute atomic E-state index is 0.188. The Morgan fingerprint density at radius 1 is 0.913 bits per heavy atom. The normalized spacial score (nSPS) is 10.6. The maximum Gasteiger partial charge on any atom is 0.222 e. The van der Waals surface area contributed by atoms with Crippen molar-refractivity contribution < 1.29 is 13.9 Å². The summed E-state index contributed by atoms with van der Waals surface area (Å²) in [5, 5.41) is 3.03. The first-order valence-electron chi connectivity index (χ1n) is 7.15. The Labute approximate surface area is 134 Å². The predicted octanol–water partition coefficient (Wildman–Crippen LogP) is 4.88. The van der Waals surface area contributed by atoms with Crippen LogP contribution < -0.4 is 10.1 Å². The van der Waals surface area contributed by atoms with Crippen LogP contribution in [0, 0.1) is 0 Å². The molecule has 3 rings (SSSR count). The van der Waals surface area contributed by atoms with Gasteiger partial charge in [-0.25, -0.2) is 0 Å². The van der Waals surface area contributed by atoms with Crippen molar-refractivity contribution >= 4 is 11.5 Å². The van der Waals surface area contributed by atoms with Gasteiger partial charge in [0.05, 0.1) is 6.26 Å². The summed E-state index contributed by atoms with van der Waals surface area (Å²) >= 11 is 0. The second-order valence-electron chi connectivity index (χ2n) is 4.76. The number of ether oxygens (including phenoxy) is 1. The van der Waals surface area contributed by atoms with Gasteiger partial charge in [0.1, 0.15) is 11.5 Å². The number of ketones is 1. The summed E-state index contributed by atoms with van der Waals surface area (Å²) in [6.45, 7) is 0. The summed E-state index contributed by atoms with van der Waals surface area (Å²) in [4.78, 5) is 11.7. The van der Waals surface area contributed by atoms with Crippen molar-refractivity contribution in [2.45, 2.75) is 0 Å². The Morgan fingerprint density at radius 3 is 2.35 bits per heavy atom. The lowest BCUT2D eigenvalue weighted by atomic mass is 10.3. The van der Waals surface area contributed by atoms with Gasteiger partial charge in [-0.2, -0.15) is 0 Å². The Kier molecular flexibility index (Phi) is 4.55. The van der Waals surface area contributed by atoms with E-state index < -0.39 is 0 Å². The number of rotatable bonds is 6. The van der Waals surface area contributed by atoms with Gasteiger partial charge in [0.15, 0.2) is 5.76 Å². The minimum atomic E-state index is -0.188. The van der Waals surface area contributed by atoms with Crippen LogP contribution in [0.25, 0.3) is 0 Å². The summed E-state index contributed by atoms with van der Waals surface area (Å²) in [7, 11) is 0. The number of hydrogen-bond acceptors (Lipinski definition) is 4. The molecule has 1 N–H and O–H groups in total. The zero-order valence-electron chi connectivity index (χ0n) is 12.3. The molecule has 1 aromatic heterocycles. The topological polar surface area (TPSA) is 51.5 Å². The van der Waals surface area contributed by atoms with Crippen LogP contribution >= 0.6 is 0 Å². The van der Waals surface area contributed by atoms with E-state index in [0.717, 1.165) is 17.2 Å². The largest absolute Gasteiger partial charge is 0.461 e. The molecular weight excluding hydrogens is 290 g/mol. The molecule has 3 aromatic rings. The number of nitrogens with one attached hydrogen (secondary N) is 1. The quantitative estimate of drug-likeness (QED) is 0.521. The summed E-state index contributed by atoms with van der Waals surface area (Å²) in [5.41, 5.74) is 0.855. The van der Waals surface area contributed by atoms with Gasteiger partial charge >= 0.3 is 0 Å². The minimum Gasteiger partial charge on any atom is -0.461 e. The molecule has 0 spiro atoms. The Bertz CT molecular complexity index is 775. The molecule has 0 aliphatic rings. The number of anilines is 1. The number of para-hydroxylation sites is 1. The molecule has 0 fully saturated rings. The zero-order valence-corrected chi connectivity index (χ0v) is 12.3. The molecule has 4 nitrogen and oxygen atoms in total. The van der Waals surface area contributed by atoms with Gasteiger partial charge in [0, 0.05) is 18.0 Å². The molecule has 0 saturated heterocycles. The standard InChI is InChI=1S/C19H15NO3/c21-18(19-7-4-14-22-19)12-13-20-15-8-10-17(11-9-15)23-16-5-2-1-3-6-16/h1-14,20H/b13-12+. The fourth-order valence-corrected chi connectivity index (χ4v) is 1.96. The highest BCUT2D eigenvalue weighted by molar-refractivity contribution is 6.02. The second kappa shape index (κ2) is 7.13. The van der Waals surface area contributed by atoms with Crippen molar-refractivity contribution in [3.63, 3.8) is 0 Å². The van der Waals surface area contributed by atoms with Crippen LogP contribution in [0.15, 0.2) is 89.7 Å². The Hall–Kier alpha value is -3.27. The van der Waals surface area contributed by atoms with Gasteiger partial charge in [-0.3, -0.25) is 4.79 Å². The Balaban J connectivity index is 1.56. The molecule has 0 aliphatic heterocycles. The fourth-order valence-electron chi connectivity index (χ4n) is 1.96. The van der Waals surface area contributed by atoms with Crippen molar-refractivity contribution in [1.82, 2.24) is 0 Å². The zero-order chi connectivity index (χ0) is 15.9. The summed E-state index contributed by atoms with van der Waals surface area (Å²) in [6.07, 6.45) is 4.48. The number of carbonyl (C=O) groups excluding carboxylic acids is 1. The van der Waals surface area contributed by atoms with E-state index in [0.29, 0.717) is 5.76 Å². The third-order valence-corrected chi connectivity index (χ3v) is 3.08. The molecule has 2 aromatic carbocycles. The smallest absolute Gasteiger partial charge is 0.222 e. The van der Waals surface area contributed by atoms with E-state index in [4.69, 9.17) is 9.15 Å². The molecule has 0 amide bonds. The average Bonchev–Trinajstić information content (AvgIpc) is 3.12. The third kappa shape index (κ3) is 4.11. The average molecular weight is 305 g/mol. The van der Waals surface area contributed by atoms with E-state index in [1.807, 2.05) is 54.6 Å². The first kappa shape index (κ1) is 14.7. The molecular formula is C19H15NO3. The molecule has 0 radical (unpaired) electrons. The van der Waals surface area contributed by atoms with Gasteiger partial charge in [0.2, 0.25) is 5.78 Å². The molecule has 0 aliphatic carbocycles. The van der Waals surface area contributed by atoms with Crippen LogP contribution in [-0.4, -0.2) is 5.78 Å². The van der Waals surface area contributed by atoms with Crippen LogP contribution in [0.1, 0.15) is 10.6 Å². The third-order valence-electron chi connectivity index (χ3n) is 3.08. The van der Waals surface area contributed by atoms with E-state index in [1.54, 1.807) is 18.3 Å². The van der Waals surface area contributed by atoms with Crippen molar-refractivity contribution in [1.29, 1.82) is 0 Å². The van der Waals surface area contributed by atoms with Gasteiger partial charge in [-0.15, -0.1) is 0 Å². The summed E-state index contributed by atoms with van der Waals surface area (Å²) in [5.74, 6) is 1.66. The molecule has 0 bridgehead atoms. The number of allylic oxidation sites excluding steroid dienone is 1. The van der Waals surface area contributed by atoms with Gasteiger partial charge in [-0.05, 0) is 48.5 Å². The Morgan fingerprint density at radius 2 is 1.65 bits per heavy atom. The number of furan rings is 1. The maximum absolute atomic E-state index is 11.7. The number of hydrogen-bond donors (Lipinski definition) is 1. The molecule has 4 heteroatoms. The lowest BCUT2D eigenvalue weighted by Crippen LogP contribution is -1.94. The first-order valence-corrected chi connectivity index (χ1v) is 7.15. The van der Waals surface area contributed by atoms with E-state index in [2.05, 4.69) is 5.32 Å². The molecule has 1 heterocycles. The molecule has 0 saturated carbocycles. The highest BCUT2D eigenvalue weighted by Crippen LogP contribution is 2.22. The van der Waals surface area contributed by atoms with E-state index >= 15 is 0 Å². The molecule has 23 heavy (non-hydrogen) atoms. The fraction of sp³-hybridized carbons (Fsp3) is 0. The lowest BCUT2D eigenvalue weighted by molar-refractivity contribution is 0.102. The predicted molar refractivity (Wildman–Crippen MR) is 88.8 cm³/mol. The highest BCUT2D eigenvalue weighted by Gasteiger charge is 2.03. The number of benzene rings is 2. The van der Waals surface area contributed by atoms with Gasteiger partial charge < -0.3 is 14.5 Å². The van der Waals surface area contributed by atoms with Crippen molar-refractivity contribution in [2.75, 3.05) is 5.32 Å². The second-order valence-corrected chi connectivity index (χ2v) is 4.76. The van der Waals surface area contributed by atoms with Crippen molar-refractivity contribution in [2.24, 2.45) is 0 Å². The van der Waals surface area contributed by atoms with Crippen LogP contribution in [0.4, 0.5) is 5.69 Å². The monoisotopic (exact) mass is 305 g/mol. The lowest BCUT2D eigenvalue weighted by Gasteiger charge is -2.06. The van der Waals surface area contributed by atoms with Gasteiger partial charge in [-0.1, -0.05) is 18.2 Å². The first-order chi connectivity index (χ1) is 11.3. The molecule has 0 unspecified atom stereocenters. The van der Waals surface area contributed by atoms with Crippen LogP contribution in [0.5, 0.6) is 11.5 Å². The van der Waals surface area contributed by atoms with Crippen LogP contribution in [-0.2, 0) is 0 Å². The number of carbonyl (C=O) groups is 1. The van der Waals surface area contributed by atoms with Crippen molar-refractivity contribution in [3.05, 3.63) is 91.0 Å². The van der Waals surface area contributed by atoms with E-state index in [1.165, 1.54) is 12.3 Å². The van der Waals surface area contributed by atoms with Crippen molar-refractivity contribution in [3.8, 4) is 11.5 Å². The van der Waals surface area contributed by atoms with E-state index in [-0.39, 0.29) is 5.78 Å². The van der Waals surface area contributed by atoms with E-state index in [9.17, 15) is 4.79 Å². The summed E-state index contributed by atoms with van der Waals surface area (Å²) in [6, 6.07) is 20.4. The van der Waals surface area contributed by atoms with Crippen LogP contribution in [0.2, 0.25) is 0 Å². The highest BCUT2D eigenvalue weighted by atomic mass is 16.5. The summed E-state index contributed by atoms with van der Waals surface area (Å²) < 4.78 is 10.7. The maximum atomic E-state index is 11.7. The van der Waals surface area contributed by atoms with Crippen LogP contribution in [0.3, 0.4) is 0 Å². The molecule has 0 atom stereocenters. The SMILES string of the molecule is O=C(/C=C/Nc1ccc(Oc2ccccc2)cc1)c1ccco1. The van der Waals surface area contributed by atoms with Gasteiger partial charge in [0.25, 0.3) is 0 Å².